The first-order valence-electron chi connectivity index (χ1n) is 8.03. The lowest BCUT2D eigenvalue weighted by molar-refractivity contribution is -0.117. The molecule has 0 atom stereocenters. The third-order valence-corrected chi connectivity index (χ3v) is 3.79. The van der Waals surface area contributed by atoms with Crippen LogP contribution in [0.3, 0.4) is 0 Å². The molecule has 0 unspecified atom stereocenters. The number of hydrogen-bond acceptors (Lipinski definition) is 4. The van der Waals surface area contributed by atoms with Gasteiger partial charge in [0.2, 0.25) is 0 Å². The Morgan fingerprint density at radius 2 is 2.04 bits per heavy atom. The maximum Gasteiger partial charge on any atom is 0.262 e. The summed E-state index contributed by atoms with van der Waals surface area (Å²) in [5, 5.41) is 12.4. The van der Waals surface area contributed by atoms with Gasteiger partial charge in [-0.15, -0.1) is 0 Å². The maximum absolute atomic E-state index is 12.3. The monoisotopic (exact) mass is 370 g/mol. The number of nitrogens with zero attached hydrogens (tertiary/aromatic N) is 1. The maximum atomic E-state index is 12.3. The summed E-state index contributed by atoms with van der Waals surface area (Å²) in [4.78, 5) is 12.3. The van der Waals surface area contributed by atoms with E-state index < -0.39 is 5.91 Å². The van der Waals surface area contributed by atoms with Gasteiger partial charge in [0.25, 0.3) is 5.91 Å². The van der Waals surface area contributed by atoms with Gasteiger partial charge in [-0.05, 0) is 36.3 Å². The summed E-state index contributed by atoms with van der Waals surface area (Å²) < 4.78 is 10.7. The van der Waals surface area contributed by atoms with Crippen molar-refractivity contribution < 1.29 is 14.3 Å². The third kappa shape index (κ3) is 5.01. The minimum Gasteiger partial charge on any atom is -0.493 e. The van der Waals surface area contributed by atoms with Gasteiger partial charge in [-0.25, -0.2) is 0 Å². The van der Waals surface area contributed by atoms with Crippen molar-refractivity contribution in [1.82, 2.24) is 5.32 Å². The van der Waals surface area contributed by atoms with Gasteiger partial charge in [-0.3, -0.25) is 4.79 Å². The van der Waals surface area contributed by atoms with Gasteiger partial charge in [0, 0.05) is 6.54 Å². The second-order valence-corrected chi connectivity index (χ2v) is 5.71. The molecule has 1 N–H and O–H groups in total. The predicted octanol–water partition coefficient (Wildman–Crippen LogP) is 3.97. The van der Waals surface area contributed by atoms with Crippen LogP contribution in [0.4, 0.5) is 0 Å². The second-order valence-electron chi connectivity index (χ2n) is 5.31. The van der Waals surface area contributed by atoms with Crippen molar-refractivity contribution in [2.45, 2.75) is 13.5 Å². The van der Waals surface area contributed by atoms with Crippen LogP contribution >= 0.6 is 11.6 Å². The van der Waals surface area contributed by atoms with E-state index in [4.69, 9.17) is 21.1 Å². The molecule has 0 bridgehead atoms. The minimum absolute atomic E-state index is 0.0248. The van der Waals surface area contributed by atoms with Crippen LogP contribution in [0.1, 0.15) is 18.1 Å². The van der Waals surface area contributed by atoms with Crippen LogP contribution in [0, 0.1) is 11.3 Å². The minimum atomic E-state index is -0.458. The molecule has 5 nitrogen and oxygen atoms in total. The molecule has 0 saturated heterocycles. The Bertz CT molecular complexity index is 842. The van der Waals surface area contributed by atoms with Gasteiger partial charge in [0.1, 0.15) is 11.6 Å². The number of hydrogen-bond donors (Lipinski definition) is 1. The molecule has 0 saturated carbocycles. The molecule has 2 aromatic rings. The molecule has 2 aromatic carbocycles. The molecule has 0 aromatic heterocycles. The molecular weight excluding hydrogens is 352 g/mol. The average Bonchev–Trinajstić information content (AvgIpc) is 2.66. The number of halogens is 1. The highest BCUT2D eigenvalue weighted by atomic mass is 35.5. The van der Waals surface area contributed by atoms with Crippen molar-refractivity contribution in [3.8, 4) is 17.6 Å². The number of benzene rings is 2. The summed E-state index contributed by atoms with van der Waals surface area (Å²) in [5.41, 5.74) is 1.49. The molecule has 0 aliphatic heterocycles. The van der Waals surface area contributed by atoms with Crippen molar-refractivity contribution in [1.29, 1.82) is 5.26 Å². The van der Waals surface area contributed by atoms with E-state index in [1.807, 2.05) is 43.3 Å². The average molecular weight is 371 g/mol. The highest BCUT2D eigenvalue weighted by molar-refractivity contribution is 6.32. The van der Waals surface area contributed by atoms with Gasteiger partial charge in [-0.2, -0.15) is 5.26 Å². The summed E-state index contributed by atoms with van der Waals surface area (Å²) in [7, 11) is 1.50. The lowest BCUT2D eigenvalue weighted by atomic mass is 10.1. The Kier molecular flexibility index (Phi) is 7.07. The zero-order valence-corrected chi connectivity index (χ0v) is 15.3. The number of amides is 1. The standard InChI is InChI=1S/C20H19ClN2O3/c1-3-26-19-17(21)10-15(11-18(19)25-2)9-16(12-22)20(24)23-13-14-7-5-4-6-8-14/h4-11H,3,13H2,1-2H3,(H,23,24)/b16-9-. The first-order valence-corrected chi connectivity index (χ1v) is 8.41. The number of ether oxygens (including phenoxy) is 2. The highest BCUT2D eigenvalue weighted by Gasteiger charge is 2.13. The van der Waals surface area contributed by atoms with Crippen LogP contribution < -0.4 is 14.8 Å². The van der Waals surface area contributed by atoms with Crippen LogP contribution in [-0.4, -0.2) is 19.6 Å². The first-order chi connectivity index (χ1) is 12.6. The van der Waals surface area contributed by atoms with Crippen LogP contribution in [0.5, 0.6) is 11.5 Å². The van der Waals surface area contributed by atoms with Gasteiger partial charge >= 0.3 is 0 Å². The summed E-state index contributed by atoms with van der Waals surface area (Å²) in [6.45, 7) is 2.62. The first kappa shape index (κ1) is 19.4. The number of carbonyl (C=O) groups excluding carboxylic acids is 1. The van der Waals surface area contributed by atoms with Gasteiger partial charge in [0.15, 0.2) is 11.5 Å². The third-order valence-electron chi connectivity index (χ3n) is 3.51. The molecule has 26 heavy (non-hydrogen) atoms. The Morgan fingerprint density at radius 1 is 1.31 bits per heavy atom. The Hall–Kier alpha value is -2.97. The van der Waals surface area contributed by atoms with Crippen molar-refractivity contribution in [2.24, 2.45) is 0 Å². The zero-order chi connectivity index (χ0) is 18.9. The summed E-state index contributed by atoms with van der Waals surface area (Å²) in [5.74, 6) is 0.411. The Morgan fingerprint density at radius 3 is 2.65 bits per heavy atom. The van der Waals surface area contributed by atoms with Crippen LogP contribution in [0.15, 0.2) is 48.0 Å². The molecule has 0 aliphatic carbocycles. The molecule has 134 valence electrons. The molecule has 1 amide bonds. The quantitative estimate of drug-likeness (QED) is 0.591. The van der Waals surface area contributed by atoms with E-state index in [9.17, 15) is 10.1 Å². The van der Waals surface area contributed by atoms with Crippen molar-refractivity contribution in [3.63, 3.8) is 0 Å². The lowest BCUT2D eigenvalue weighted by Crippen LogP contribution is -2.23. The van der Waals surface area contributed by atoms with Crippen molar-refractivity contribution in [2.75, 3.05) is 13.7 Å². The largest absolute Gasteiger partial charge is 0.493 e. The molecular formula is C20H19ClN2O3. The van der Waals surface area contributed by atoms with E-state index in [0.29, 0.717) is 35.2 Å². The topological polar surface area (TPSA) is 71.3 Å². The fourth-order valence-electron chi connectivity index (χ4n) is 2.30. The van der Waals surface area contributed by atoms with Crippen molar-refractivity contribution in [3.05, 3.63) is 64.2 Å². The van der Waals surface area contributed by atoms with E-state index in [2.05, 4.69) is 5.32 Å². The Balaban J connectivity index is 2.21. The van der Waals surface area contributed by atoms with Gasteiger partial charge in [-0.1, -0.05) is 41.9 Å². The molecule has 0 fully saturated rings. The zero-order valence-electron chi connectivity index (χ0n) is 14.6. The van der Waals surface area contributed by atoms with E-state index in [1.54, 1.807) is 12.1 Å². The second kappa shape index (κ2) is 9.50. The summed E-state index contributed by atoms with van der Waals surface area (Å²) in [6.07, 6.45) is 1.46. The van der Waals surface area contributed by atoms with Gasteiger partial charge < -0.3 is 14.8 Å². The number of methoxy groups -OCH3 is 1. The number of carbonyl (C=O) groups is 1. The molecule has 0 heterocycles. The van der Waals surface area contributed by atoms with Gasteiger partial charge in [0.05, 0.1) is 18.7 Å². The van der Waals surface area contributed by atoms with Crippen LogP contribution in [-0.2, 0) is 11.3 Å². The Labute approximate surface area is 157 Å². The molecule has 6 heteroatoms. The fraction of sp³-hybridized carbons (Fsp3) is 0.200. The normalized spacial score (nSPS) is 10.8. The summed E-state index contributed by atoms with van der Waals surface area (Å²) in [6, 6.07) is 14.7. The van der Waals surface area contributed by atoms with E-state index in [1.165, 1.54) is 13.2 Å². The van der Waals surface area contributed by atoms with Crippen LogP contribution in [0.25, 0.3) is 6.08 Å². The SMILES string of the molecule is CCOc1c(Cl)cc(/C=C(/C#N)C(=O)NCc2ccccc2)cc1OC. The fourth-order valence-corrected chi connectivity index (χ4v) is 2.57. The number of nitriles is 1. The molecule has 2 rings (SSSR count). The molecule has 0 aliphatic rings. The lowest BCUT2D eigenvalue weighted by Gasteiger charge is -2.12. The van der Waals surface area contributed by atoms with E-state index in [-0.39, 0.29) is 5.57 Å². The smallest absolute Gasteiger partial charge is 0.262 e. The highest BCUT2D eigenvalue weighted by Crippen LogP contribution is 2.37. The number of nitrogens with one attached hydrogen (secondary N) is 1. The van der Waals surface area contributed by atoms with Crippen molar-refractivity contribution >= 4 is 23.6 Å². The molecule has 0 spiro atoms. The van der Waals surface area contributed by atoms with Crippen LogP contribution in [0.2, 0.25) is 5.02 Å². The molecule has 0 radical (unpaired) electrons. The predicted molar refractivity (Wildman–Crippen MR) is 101 cm³/mol. The van der Waals surface area contributed by atoms with E-state index in [0.717, 1.165) is 5.56 Å². The van der Waals surface area contributed by atoms with E-state index >= 15 is 0 Å². The number of rotatable bonds is 7. The summed E-state index contributed by atoms with van der Waals surface area (Å²) >= 11 is 6.22.